The van der Waals surface area contributed by atoms with Crippen molar-refractivity contribution in [3.63, 3.8) is 0 Å². The van der Waals surface area contributed by atoms with Gasteiger partial charge in [-0.1, -0.05) is 37.1 Å². The average molecular weight is 607 g/mol. The number of urea groups is 1. The molecule has 3 aliphatic carbocycles. The summed E-state index contributed by atoms with van der Waals surface area (Å²) >= 11 is 13.0. The van der Waals surface area contributed by atoms with Crippen LogP contribution in [0.4, 0.5) is 4.79 Å². The van der Waals surface area contributed by atoms with Gasteiger partial charge in [-0.05, 0) is 63.0 Å². The van der Waals surface area contributed by atoms with E-state index in [-0.39, 0.29) is 24.3 Å². The highest BCUT2D eigenvalue weighted by Gasteiger charge is 2.74. The van der Waals surface area contributed by atoms with Crippen LogP contribution in [0.25, 0.3) is 0 Å². The SMILES string of the molecule is CC(C)(C)NC(=O)NC(C(=O)N1CC2C(C1C(=O)NC(CC1CC1)C(=O)C(N)=O)C2(Cl)Cl)C1Cc2ccccc2C1. The van der Waals surface area contributed by atoms with Crippen LogP contribution in [0, 0.1) is 23.7 Å². The zero-order valence-electron chi connectivity index (χ0n) is 23.4. The number of primary amides is 1. The van der Waals surface area contributed by atoms with Crippen molar-refractivity contribution in [1.29, 1.82) is 0 Å². The predicted molar refractivity (Wildman–Crippen MR) is 153 cm³/mol. The average Bonchev–Trinajstić information content (AvgIpc) is 3.63. The normalized spacial score (nSPS) is 25.9. The van der Waals surface area contributed by atoms with Gasteiger partial charge in [-0.15, -0.1) is 23.2 Å². The van der Waals surface area contributed by atoms with E-state index in [1.54, 1.807) is 0 Å². The summed E-state index contributed by atoms with van der Waals surface area (Å²) < 4.78 is -1.20. The summed E-state index contributed by atoms with van der Waals surface area (Å²) in [6, 6.07) is 4.35. The molecule has 4 aliphatic rings. The van der Waals surface area contributed by atoms with Crippen LogP contribution in [0.1, 0.15) is 51.2 Å². The third-order valence-corrected chi connectivity index (χ3v) is 9.69. The van der Waals surface area contributed by atoms with E-state index in [1.165, 1.54) is 4.90 Å². The van der Waals surface area contributed by atoms with E-state index >= 15 is 0 Å². The quantitative estimate of drug-likeness (QED) is 0.250. The van der Waals surface area contributed by atoms with Gasteiger partial charge in [-0.3, -0.25) is 19.2 Å². The molecule has 5 rings (SSSR count). The molecule has 12 heteroatoms. The summed E-state index contributed by atoms with van der Waals surface area (Å²) in [4.78, 5) is 66.7. The number of nitrogens with one attached hydrogen (secondary N) is 3. The first-order valence-corrected chi connectivity index (χ1v) is 14.9. The minimum atomic E-state index is -1.20. The Bertz CT molecular complexity index is 1250. The van der Waals surface area contributed by atoms with Crippen LogP contribution in [0.3, 0.4) is 0 Å². The summed E-state index contributed by atoms with van der Waals surface area (Å²) in [5.74, 6) is -3.93. The molecule has 5 unspecified atom stereocenters. The molecule has 1 aromatic rings. The highest BCUT2D eigenvalue weighted by atomic mass is 35.5. The van der Waals surface area contributed by atoms with Gasteiger partial charge in [0.1, 0.15) is 16.4 Å². The van der Waals surface area contributed by atoms with Crippen LogP contribution < -0.4 is 21.7 Å². The van der Waals surface area contributed by atoms with Crippen LogP contribution in [0.2, 0.25) is 0 Å². The van der Waals surface area contributed by atoms with E-state index in [2.05, 4.69) is 16.0 Å². The molecule has 1 aromatic carbocycles. The Hall–Kier alpha value is -2.85. The Balaban J connectivity index is 1.39. The van der Waals surface area contributed by atoms with Crippen LogP contribution in [-0.2, 0) is 32.0 Å². The molecule has 0 radical (unpaired) electrons. The fraction of sp³-hybridized carbons (Fsp3) is 0.621. The molecular weight excluding hydrogens is 569 g/mol. The van der Waals surface area contributed by atoms with Gasteiger partial charge in [0.15, 0.2) is 0 Å². The van der Waals surface area contributed by atoms with Crippen molar-refractivity contribution in [1.82, 2.24) is 20.9 Å². The molecular formula is C29H37Cl2N5O5. The van der Waals surface area contributed by atoms with Gasteiger partial charge in [-0.25, -0.2) is 4.79 Å². The van der Waals surface area contributed by atoms with E-state index in [9.17, 15) is 24.0 Å². The number of carbonyl (C=O) groups excluding carboxylic acids is 5. The minimum absolute atomic E-state index is 0.129. The van der Waals surface area contributed by atoms with E-state index in [0.29, 0.717) is 19.3 Å². The largest absolute Gasteiger partial charge is 0.363 e. The van der Waals surface area contributed by atoms with E-state index < -0.39 is 63.5 Å². The second-order valence-corrected chi connectivity index (χ2v) is 14.4. The smallest absolute Gasteiger partial charge is 0.315 e. The predicted octanol–water partition coefficient (Wildman–Crippen LogP) is 1.84. The van der Waals surface area contributed by atoms with Gasteiger partial charge in [0.2, 0.25) is 17.6 Å². The highest BCUT2D eigenvalue weighted by molar-refractivity contribution is 6.51. The van der Waals surface area contributed by atoms with Crippen molar-refractivity contribution in [2.24, 2.45) is 29.4 Å². The van der Waals surface area contributed by atoms with E-state index in [0.717, 1.165) is 24.0 Å². The number of hydrogen-bond acceptors (Lipinski definition) is 5. The Labute approximate surface area is 249 Å². The summed E-state index contributed by atoms with van der Waals surface area (Å²) in [7, 11) is 0. The Morgan fingerprint density at radius 2 is 1.66 bits per heavy atom. The Morgan fingerprint density at radius 3 is 2.20 bits per heavy atom. The fourth-order valence-corrected chi connectivity index (χ4v) is 7.21. The summed E-state index contributed by atoms with van der Waals surface area (Å²) in [5.41, 5.74) is 6.95. The molecule has 0 bridgehead atoms. The number of carbonyl (C=O) groups is 5. The van der Waals surface area contributed by atoms with E-state index in [1.807, 2.05) is 45.0 Å². The lowest BCUT2D eigenvalue weighted by molar-refractivity contribution is -0.143. The summed E-state index contributed by atoms with van der Waals surface area (Å²) in [6.07, 6.45) is 3.28. The molecule has 5 amide bonds. The van der Waals surface area contributed by atoms with Crippen LogP contribution in [0.5, 0.6) is 0 Å². The number of nitrogens with two attached hydrogens (primary N) is 1. The Kier molecular flexibility index (Phi) is 7.78. The van der Waals surface area contributed by atoms with Crippen molar-refractivity contribution in [3.8, 4) is 0 Å². The molecule has 5 N–H and O–H groups in total. The molecule has 10 nitrogen and oxygen atoms in total. The third kappa shape index (κ3) is 6.18. The van der Waals surface area contributed by atoms with Crippen molar-refractivity contribution >= 4 is 52.7 Å². The number of amides is 5. The number of likely N-dealkylation sites (tertiary alicyclic amines) is 1. The second kappa shape index (κ2) is 10.8. The highest BCUT2D eigenvalue weighted by Crippen LogP contribution is 2.65. The summed E-state index contributed by atoms with van der Waals surface area (Å²) in [5, 5.41) is 8.43. The van der Waals surface area contributed by atoms with Crippen LogP contribution >= 0.6 is 23.2 Å². The molecule has 0 aromatic heterocycles. The molecule has 2 saturated carbocycles. The Morgan fingerprint density at radius 1 is 1.05 bits per heavy atom. The van der Waals surface area contributed by atoms with E-state index in [4.69, 9.17) is 28.9 Å². The second-order valence-electron chi connectivity index (χ2n) is 13.0. The lowest BCUT2D eigenvalue weighted by Gasteiger charge is -2.35. The molecule has 1 saturated heterocycles. The monoisotopic (exact) mass is 605 g/mol. The van der Waals surface area contributed by atoms with Gasteiger partial charge in [0.05, 0.1) is 6.04 Å². The van der Waals surface area contributed by atoms with Gasteiger partial charge in [-0.2, -0.15) is 0 Å². The number of fused-ring (bicyclic) bond motifs is 2. The fourth-order valence-electron chi connectivity index (χ4n) is 6.39. The third-order valence-electron chi connectivity index (χ3n) is 8.62. The summed E-state index contributed by atoms with van der Waals surface area (Å²) in [6.45, 7) is 5.66. The first kappa shape index (κ1) is 29.6. The molecule has 0 spiro atoms. The molecule has 1 heterocycles. The van der Waals surface area contributed by atoms with Crippen molar-refractivity contribution in [2.45, 2.75) is 80.9 Å². The lowest BCUT2D eigenvalue weighted by atomic mass is 9.94. The number of Topliss-reactive ketones (excluding diaryl/α,β-unsaturated/α-hetero) is 1. The van der Waals surface area contributed by atoms with Crippen molar-refractivity contribution in [3.05, 3.63) is 35.4 Å². The van der Waals surface area contributed by atoms with Crippen molar-refractivity contribution in [2.75, 3.05) is 6.54 Å². The maximum absolute atomic E-state index is 14.3. The van der Waals surface area contributed by atoms with Gasteiger partial charge < -0.3 is 26.6 Å². The number of rotatable bonds is 9. The number of alkyl halides is 2. The number of piperidine rings is 1. The van der Waals surface area contributed by atoms with Gasteiger partial charge >= 0.3 is 6.03 Å². The number of nitrogens with zero attached hydrogens (tertiary/aromatic N) is 1. The number of halogens is 2. The maximum Gasteiger partial charge on any atom is 0.315 e. The minimum Gasteiger partial charge on any atom is -0.363 e. The van der Waals surface area contributed by atoms with Gasteiger partial charge in [0, 0.05) is 23.9 Å². The maximum atomic E-state index is 14.3. The topological polar surface area (TPSA) is 151 Å². The first-order valence-electron chi connectivity index (χ1n) is 14.1. The lowest BCUT2D eigenvalue weighted by Crippen LogP contribution is -2.61. The molecule has 222 valence electrons. The van der Waals surface area contributed by atoms with Crippen LogP contribution in [0.15, 0.2) is 24.3 Å². The standard InChI is InChI=1S/C29H37Cl2N5O5/c1-28(2,3)35-27(41)34-21(17-11-15-6-4-5-7-16(15)12-17)26(40)36-13-18-20(29(18,30)31)22(36)25(39)33-19(10-14-8-9-14)23(37)24(32)38/h4-7,14,17-22H,8-13H2,1-3H3,(H2,32,38)(H,33,39)(H2,34,35,41). The molecule has 41 heavy (non-hydrogen) atoms. The first-order chi connectivity index (χ1) is 19.2. The zero-order valence-corrected chi connectivity index (χ0v) is 24.9. The number of benzene rings is 1. The molecule has 5 atom stereocenters. The number of ketones is 1. The van der Waals surface area contributed by atoms with Gasteiger partial charge in [0.25, 0.3) is 5.91 Å². The molecule has 1 aliphatic heterocycles. The number of hydrogen-bond donors (Lipinski definition) is 4. The molecule has 3 fully saturated rings. The zero-order chi connectivity index (χ0) is 29.9. The van der Waals surface area contributed by atoms with Crippen molar-refractivity contribution < 1.29 is 24.0 Å². The van der Waals surface area contributed by atoms with Crippen LogP contribution in [-0.4, -0.2) is 69.0 Å².